The maximum atomic E-state index is 14.0. The number of fused-ring (bicyclic) bond motifs is 1. The third kappa shape index (κ3) is 10.6. The molecule has 0 radical (unpaired) electrons. The van der Waals surface area contributed by atoms with Crippen LogP contribution < -0.4 is 10.6 Å². The predicted molar refractivity (Wildman–Crippen MR) is 227 cm³/mol. The topological polar surface area (TPSA) is 145 Å². The van der Waals surface area contributed by atoms with Gasteiger partial charge in [-0.1, -0.05) is 36.4 Å². The molecule has 2 heterocycles. The van der Waals surface area contributed by atoms with E-state index < -0.39 is 11.4 Å². The minimum atomic E-state index is -1.02. The molecule has 3 aromatic carbocycles. The summed E-state index contributed by atoms with van der Waals surface area (Å²) in [5.41, 5.74) is 5.10. The number of amides is 3. The van der Waals surface area contributed by atoms with Crippen molar-refractivity contribution in [2.24, 2.45) is 5.41 Å². The summed E-state index contributed by atoms with van der Waals surface area (Å²) in [6, 6.07) is 22.4. The Balaban J connectivity index is 1.13. The lowest BCUT2D eigenvalue weighted by molar-refractivity contribution is -0.148. The SMILES string of the molecule is COC(=O)c1ccc(CCc2ccc(NC(=O)c3c(NC(=O)c4cccc(CN(C(=O)CCC(C)(C)C(=O)O)C5CCN(C)CC5)c4)sc4c3CCCC4)cc2)cc1. The highest BCUT2D eigenvalue weighted by Gasteiger charge is 2.32. The van der Waals surface area contributed by atoms with Crippen LogP contribution in [0.2, 0.25) is 0 Å². The van der Waals surface area contributed by atoms with Crippen molar-refractivity contribution in [2.75, 3.05) is 37.9 Å². The van der Waals surface area contributed by atoms with Gasteiger partial charge in [0, 0.05) is 35.1 Å². The fourth-order valence-corrected chi connectivity index (χ4v) is 8.92. The van der Waals surface area contributed by atoms with Gasteiger partial charge in [0.05, 0.1) is 23.7 Å². The maximum absolute atomic E-state index is 14.0. The molecule has 6 rings (SSSR count). The van der Waals surface area contributed by atoms with Gasteiger partial charge in [0.1, 0.15) is 5.00 Å². The molecule has 0 bridgehead atoms. The first-order valence-corrected chi connectivity index (χ1v) is 21.0. The van der Waals surface area contributed by atoms with E-state index in [1.165, 1.54) is 18.4 Å². The van der Waals surface area contributed by atoms with Gasteiger partial charge >= 0.3 is 11.9 Å². The summed E-state index contributed by atoms with van der Waals surface area (Å²) in [6.45, 7) is 5.32. The minimum absolute atomic E-state index is 0.0161. The zero-order valence-corrected chi connectivity index (χ0v) is 34.7. The maximum Gasteiger partial charge on any atom is 0.337 e. The van der Waals surface area contributed by atoms with Crippen molar-refractivity contribution < 1.29 is 33.8 Å². The highest BCUT2D eigenvalue weighted by atomic mass is 32.1. The van der Waals surface area contributed by atoms with Crippen LogP contribution in [-0.2, 0) is 46.6 Å². The van der Waals surface area contributed by atoms with Crippen molar-refractivity contribution in [3.8, 4) is 0 Å². The van der Waals surface area contributed by atoms with Crippen molar-refractivity contribution in [2.45, 2.75) is 90.6 Å². The number of likely N-dealkylation sites (tertiary alicyclic amines) is 1. The van der Waals surface area contributed by atoms with Crippen molar-refractivity contribution in [1.29, 1.82) is 0 Å². The van der Waals surface area contributed by atoms with E-state index in [9.17, 15) is 29.1 Å². The Morgan fingerprint density at radius 2 is 1.50 bits per heavy atom. The molecule has 1 saturated heterocycles. The second-order valence-corrected chi connectivity index (χ2v) is 17.3. The van der Waals surface area contributed by atoms with Gasteiger partial charge in [0.15, 0.2) is 0 Å². The normalized spacial score (nSPS) is 14.6. The Kier molecular flexibility index (Phi) is 13.8. The number of anilines is 2. The average molecular weight is 807 g/mol. The van der Waals surface area contributed by atoms with Gasteiger partial charge < -0.3 is 30.3 Å². The number of carbonyl (C=O) groups is 5. The molecule has 1 aliphatic carbocycles. The molecule has 0 spiro atoms. The second kappa shape index (κ2) is 18.9. The van der Waals surface area contributed by atoms with Crippen molar-refractivity contribution in [3.05, 3.63) is 117 Å². The second-order valence-electron chi connectivity index (χ2n) is 16.2. The van der Waals surface area contributed by atoms with Crippen LogP contribution in [0.1, 0.15) is 111 Å². The molecule has 4 aromatic rings. The molecule has 0 unspecified atom stereocenters. The standard InChI is InChI=1S/C46H54N4O7S/c1-46(2,45(55)56)25-22-39(51)50(36-23-26-49(3)27-24-36)29-32-8-7-9-34(28-32)41(52)48-43-40(37-10-5-6-11-38(37)58-43)42(53)47-35-20-16-31(17-21-35)13-12-30-14-18-33(19-15-30)44(54)57-4/h7-9,14-21,28,36H,5-6,10-13,22-27,29H2,1-4H3,(H,47,53)(H,48,52)(H,55,56). The van der Waals surface area contributed by atoms with Crippen LogP contribution in [0.5, 0.6) is 0 Å². The predicted octanol–water partition coefficient (Wildman–Crippen LogP) is 8.02. The number of thiophene rings is 1. The number of benzene rings is 3. The monoisotopic (exact) mass is 806 g/mol. The Morgan fingerprint density at radius 1 is 0.845 bits per heavy atom. The first-order chi connectivity index (χ1) is 27.8. The van der Waals surface area contributed by atoms with Gasteiger partial charge in [-0.3, -0.25) is 19.2 Å². The van der Waals surface area contributed by atoms with Gasteiger partial charge in [0.25, 0.3) is 11.8 Å². The van der Waals surface area contributed by atoms with Crippen molar-refractivity contribution in [1.82, 2.24) is 9.80 Å². The van der Waals surface area contributed by atoms with E-state index in [0.29, 0.717) is 33.9 Å². The van der Waals surface area contributed by atoms with Crippen molar-refractivity contribution in [3.63, 3.8) is 0 Å². The van der Waals surface area contributed by atoms with Crippen LogP contribution in [0.3, 0.4) is 0 Å². The molecule has 1 aromatic heterocycles. The van der Waals surface area contributed by atoms with Crippen molar-refractivity contribution >= 4 is 51.7 Å². The van der Waals surface area contributed by atoms with E-state index in [4.69, 9.17) is 4.74 Å². The third-order valence-corrected chi connectivity index (χ3v) is 12.7. The number of methoxy groups -OCH3 is 1. The van der Waals surface area contributed by atoms with Gasteiger partial charge in [-0.25, -0.2) is 4.79 Å². The molecule has 0 atom stereocenters. The van der Waals surface area contributed by atoms with Crippen LogP contribution >= 0.6 is 11.3 Å². The summed E-state index contributed by atoms with van der Waals surface area (Å²) >= 11 is 1.46. The molecule has 12 heteroatoms. The lowest BCUT2D eigenvalue weighted by Gasteiger charge is -2.38. The number of piperidine rings is 1. The quantitative estimate of drug-likeness (QED) is 0.103. The van der Waals surface area contributed by atoms with Crippen LogP contribution in [0.15, 0.2) is 72.8 Å². The first-order valence-electron chi connectivity index (χ1n) is 20.1. The lowest BCUT2D eigenvalue weighted by atomic mass is 9.87. The molecule has 0 saturated carbocycles. The molecule has 58 heavy (non-hydrogen) atoms. The smallest absolute Gasteiger partial charge is 0.337 e. The lowest BCUT2D eigenvalue weighted by Crippen LogP contribution is -2.46. The number of carboxylic acids is 1. The number of hydrogen-bond acceptors (Lipinski definition) is 8. The number of esters is 1. The average Bonchev–Trinajstić information content (AvgIpc) is 3.60. The fourth-order valence-electron chi connectivity index (χ4n) is 7.64. The summed E-state index contributed by atoms with van der Waals surface area (Å²) in [5.74, 6) is -1.97. The fraction of sp³-hybridized carbons (Fsp3) is 0.413. The number of nitrogens with zero attached hydrogens (tertiary/aromatic N) is 2. The summed E-state index contributed by atoms with van der Waals surface area (Å²) in [4.78, 5) is 70.3. The van der Waals surface area contributed by atoms with Crippen LogP contribution in [0.4, 0.5) is 10.7 Å². The Morgan fingerprint density at radius 3 is 2.16 bits per heavy atom. The number of nitrogens with one attached hydrogen (secondary N) is 2. The number of ether oxygens (including phenoxy) is 1. The zero-order valence-electron chi connectivity index (χ0n) is 33.9. The van der Waals surface area contributed by atoms with E-state index in [1.807, 2.05) is 53.4 Å². The molecule has 11 nitrogen and oxygen atoms in total. The van der Waals surface area contributed by atoms with E-state index in [-0.39, 0.29) is 42.6 Å². The Hall–Kier alpha value is -5.33. The molecular weight excluding hydrogens is 753 g/mol. The largest absolute Gasteiger partial charge is 0.481 e. The molecule has 1 aliphatic heterocycles. The zero-order chi connectivity index (χ0) is 41.4. The Labute approximate surface area is 344 Å². The van der Waals surface area contributed by atoms with Gasteiger partial charge in [-0.05, 0) is 150 Å². The molecule has 3 amide bonds. The van der Waals surface area contributed by atoms with E-state index in [1.54, 1.807) is 38.1 Å². The minimum Gasteiger partial charge on any atom is -0.481 e. The number of carboxylic acid groups (broad SMARTS) is 1. The van der Waals surface area contributed by atoms with E-state index in [0.717, 1.165) is 91.6 Å². The molecule has 1 fully saturated rings. The molecule has 2 aliphatic rings. The van der Waals surface area contributed by atoms with Crippen LogP contribution in [-0.4, -0.2) is 77.9 Å². The van der Waals surface area contributed by atoms with Gasteiger partial charge in [-0.2, -0.15) is 0 Å². The number of aryl methyl sites for hydroxylation is 3. The highest BCUT2D eigenvalue weighted by molar-refractivity contribution is 7.17. The van der Waals surface area contributed by atoms with Crippen LogP contribution in [0.25, 0.3) is 0 Å². The number of rotatable bonds is 15. The summed E-state index contributed by atoms with van der Waals surface area (Å²) in [6.07, 6.45) is 7.20. The molecule has 3 N–H and O–H groups in total. The highest BCUT2D eigenvalue weighted by Crippen LogP contribution is 2.39. The van der Waals surface area contributed by atoms with E-state index in [2.05, 4.69) is 22.6 Å². The van der Waals surface area contributed by atoms with E-state index >= 15 is 0 Å². The van der Waals surface area contributed by atoms with Crippen LogP contribution in [0, 0.1) is 5.41 Å². The Bertz CT molecular complexity index is 2120. The number of carbonyl (C=O) groups excluding carboxylic acids is 4. The van der Waals surface area contributed by atoms with Gasteiger partial charge in [0.2, 0.25) is 5.91 Å². The van der Waals surface area contributed by atoms with Gasteiger partial charge in [-0.15, -0.1) is 11.3 Å². The summed E-state index contributed by atoms with van der Waals surface area (Å²) < 4.78 is 4.78. The number of hydrogen-bond donors (Lipinski definition) is 3. The first kappa shape index (κ1) is 42.3. The molecule has 306 valence electrons. The summed E-state index contributed by atoms with van der Waals surface area (Å²) in [5, 5.41) is 16.3. The molecular formula is C46H54N4O7S. The third-order valence-electron chi connectivity index (χ3n) is 11.4. The summed E-state index contributed by atoms with van der Waals surface area (Å²) in [7, 11) is 3.43. The number of aliphatic carboxylic acids is 1.